The molecular weight excluding hydrogens is 467 g/mol. The fourth-order valence-electron chi connectivity index (χ4n) is 6.71. The number of hydrogen-bond donors (Lipinski definition) is 1. The highest BCUT2D eigenvalue weighted by atomic mass is 19.3. The van der Waals surface area contributed by atoms with Crippen molar-refractivity contribution in [3.8, 4) is 0 Å². The van der Waals surface area contributed by atoms with Crippen molar-refractivity contribution in [1.82, 2.24) is 25.0 Å². The molecule has 0 radical (unpaired) electrons. The molecular formula is C27H36F3N5O. The average Bonchev–Trinajstić information content (AvgIpc) is 3.49. The van der Waals surface area contributed by atoms with Crippen LogP contribution in [0.3, 0.4) is 0 Å². The lowest BCUT2D eigenvalue weighted by Crippen LogP contribution is -2.39. The number of carbonyl (C=O) groups is 1. The van der Waals surface area contributed by atoms with Gasteiger partial charge in [0, 0.05) is 44.4 Å². The lowest BCUT2D eigenvalue weighted by atomic mass is 9.86. The lowest BCUT2D eigenvalue weighted by molar-refractivity contribution is -0.130. The van der Waals surface area contributed by atoms with E-state index in [0.29, 0.717) is 24.3 Å². The first-order valence-corrected chi connectivity index (χ1v) is 13.2. The van der Waals surface area contributed by atoms with Gasteiger partial charge in [-0.15, -0.1) is 10.2 Å². The molecule has 0 bridgehead atoms. The van der Waals surface area contributed by atoms with Crippen LogP contribution in [0, 0.1) is 37.4 Å². The summed E-state index contributed by atoms with van der Waals surface area (Å²) < 4.78 is 43.4. The minimum absolute atomic E-state index is 0.191. The van der Waals surface area contributed by atoms with E-state index in [0.717, 1.165) is 49.7 Å². The molecule has 3 aliphatic rings. The summed E-state index contributed by atoms with van der Waals surface area (Å²) in [4.78, 5) is 15.4. The van der Waals surface area contributed by atoms with Gasteiger partial charge in [0.15, 0.2) is 0 Å². The molecule has 9 heteroatoms. The Bertz CT molecular complexity index is 1050. The summed E-state index contributed by atoms with van der Waals surface area (Å²) in [5.41, 5.74) is 0.725. The van der Waals surface area contributed by atoms with E-state index in [1.165, 1.54) is 12.1 Å². The first-order chi connectivity index (χ1) is 17.2. The van der Waals surface area contributed by atoms with Gasteiger partial charge in [0.25, 0.3) is 0 Å². The number of amides is 1. The molecule has 2 heterocycles. The number of fused-ring (bicyclic) bond motifs is 1. The summed E-state index contributed by atoms with van der Waals surface area (Å²) in [5.74, 6) is -0.407. The molecule has 2 aromatic rings. The van der Waals surface area contributed by atoms with Gasteiger partial charge < -0.3 is 14.8 Å². The first-order valence-electron chi connectivity index (χ1n) is 13.2. The highest BCUT2D eigenvalue weighted by Crippen LogP contribution is 2.44. The van der Waals surface area contributed by atoms with E-state index in [2.05, 4.69) is 25.0 Å². The van der Waals surface area contributed by atoms with Gasteiger partial charge >= 0.3 is 0 Å². The Hall–Kier alpha value is -2.42. The van der Waals surface area contributed by atoms with Gasteiger partial charge in [-0.3, -0.25) is 4.79 Å². The zero-order valence-electron chi connectivity index (χ0n) is 21.1. The molecule has 4 atom stereocenters. The van der Waals surface area contributed by atoms with E-state index in [1.54, 1.807) is 6.07 Å². The number of rotatable bonds is 7. The summed E-state index contributed by atoms with van der Waals surface area (Å²) in [6, 6.07) is 6.46. The van der Waals surface area contributed by atoms with E-state index in [4.69, 9.17) is 0 Å². The molecule has 1 unspecified atom stereocenters. The number of benzene rings is 1. The Labute approximate surface area is 210 Å². The third-order valence-corrected chi connectivity index (χ3v) is 8.59. The second-order valence-electron chi connectivity index (χ2n) is 11.1. The fraction of sp³-hybridized carbons (Fsp3) is 0.667. The predicted molar refractivity (Wildman–Crippen MR) is 130 cm³/mol. The number of aryl methyl sites for hydroxylation is 2. The molecule has 1 aromatic heterocycles. The lowest BCUT2D eigenvalue weighted by Gasteiger charge is -2.30. The van der Waals surface area contributed by atoms with Crippen LogP contribution in [-0.2, 0) is 4.79 Å². The van der Waals surface area contributed by atoms with E-state index in [-0.39, 0.29) is 43.4 Å². The summed E-state index contributed by atoms with van der Waals surface area (Å²) in [6.07, 6.45) is 2.79. The second-order valence-corrected chi connectivity index (χ2v) is 11.1. The predicted octanol–water partition coefficient (Wildman–Crippen LogP) is 4.99. The number of nitrogens with zero attached hydrogens (tertiary/aromatic N) is 4. The van der Waals surface area contributed by atoms with Crippen LogP contribution < -0.4 is 5.32 Å². The van der Waals surface area contributed by atoms with E-state index in [9.17, 15) is 18.0 Å². The molecule has 1 aliphatic heterocycles. The molecule has 1 amide bonds. The van der Waals surface area contributed by atoms with Crippen molar-refractivity contribution in [1.29, 1.82) is 0 Å². The van der Waals surface area contributed by atoms with E-state index in [1.807, 2.05) is 19.9 Å². The second kappa shape index (κ2) is 10.1. The van der Waals surface area contributed by atoms with Gasteiger partial charge in [0.05, 0.1) is 6.04 Å². The maximum atomic E-state index is 14.0. The molecule has 1 saturated heterocycles. The molecule has 2 saturated carbocycles. The largest absolute Gasteiger partial charge is 0.349 e. The van der Waals surface area contributed by atoms with Crippen molar-refractivity contribution in [2.24, 2.45) is 17.8 Å². The van der Waals surface area contributed by atoms with Crippen LogP contribution in [0.15, 0.2) is 24.3 Å². The Morgan fingerprint density at radius 3 is 2.36 bits per heavy atom. The van der Waals surface area contributed by atoms with Crippen LogP contribution in [0.25, 0.3) is 0 Å². The van der Waals surface area contributed by atoms with Crippen molar-refractivity contribution < 1.29 is 18.0 Å². The topological polar surface area (TPSA) is 63.1 Å². The smallest absolute Gasteiger partial charge is 0.248 e. The minimum atomic E-state index is -2.67. The van der Waals surface area contributed by atoms with Crippen LogP contribution in [0.2, 0.25) is 0 Å². The number of halogens is 3. The maximum Gasteiger partial charge on any atom is 0.248 e. The molecule has 1 N–H and O–H groups in total. The summed E-state index contributed by atoms with van der Waals surface area (Å²) in [7, 11) is 0. The van der Waals surface area contributed by atoms with Gasteiger partial charge in [-0.05, 0) is 75.5 Å². The number of carbonyl (C=O) groups excluding carboxylic acids is 1. The van der Waals surface area contributed by atoms with Gasteiger partial charge in [0.1, 0.15) is 17.5 Å². The Balaban J connectivity index is 1.19. The molecule has 0 spiro atoms. The van der Waals surface area contributed by atoms with Gasteiger partial charge in [-0.25, -0.2) is 13.2 Å². The zero-order valence-corrected chi connectivity index (χ0v) is 21.1. The number of aromatic nitrogens is 3. The van der Waals surface area contributed by atoms with Gasteiger partial charge in [0.2, 0.25) is 11.8 Å². The van der Waals surface area contributed by atoms with E-state index < -0.39 is 11.8 Å². The number of likely N-dealkylation sites (tertiary alicyclic amines) is 1. The summed E-state index contributed by atoms with van der Waals surface area (Å²) >= 11 is 0. The quantitative estimate of drug-likeness (QED) is 0.578. The van der Waals surface area contributed by atoms with Crippen molar-refractivity contribution in [2.75, 3.05) is 19.6 Å². The Kier molecular flexibility index (Phi) is 7.12. The molecule has 196 valence electrons. The van der Waals surface area contributed by atoms with Crippen LogP contribution in [0.4, 0.5) is 13.2 Å². The highest BCUT2D eigenvalue weighted by molar-refractivity contribution is 5.79. The Morgan fingerprint density at radius 1 is 1.11 bits per heavy atom. The van der Waals surface area contributed by atoms with Crippen molar-refractivity contribution in [3.63, 3.8) is 0 Å². The van der Waals surface area contributed by atoms with E-state index >= 15 is 0 Å². The average molecular weight is 504 g/mol. The summed E-state index contributed by atoms with van der Waals surface area (Å²) in [6.45, 7) is 6.86. The van der Waals surface area contributed by atoms with Gasteiger partial charge in [-0.2, -0.15) is 0 Å². The molecule has 6 nitrogen and oxygen atoms in total. The molecule has 3 fully saturated rings. The fourth-order valence-corrected chi connectivity index (χ4v) is 6.71. The SMILES string of the molecule is Cc1nnc(C)n1C1C[C@@H]2CN(CC[C@H](NC(=O)C3CCC(F)(F)CC3)c3cccc(F)c3)C[C@@H]2C1. The molecule has 5 rings (SSSR count). The van der Waals surface area contributed by atoms with Crippen LogP contribution in [0.1, 0.15) is 74.2 Å². The van der Waals surface area contributed by atoms with Crippen molar-refractivity contribution in [3.05, 3.63) is 47.3 Å². The highest BCUT2D eigenvalue weighted by Gasteiger charge is 2.42. The standard InChI is InChI=1S/C27H36F3N5O/c1-17-32-33-18(2)35(17)24-13-21-15-34(16-22(21)14-24)11-8-25(20-4-3-5-23(28)12-20)31-26(36)19-6-9-27(29,30)10-7-19/h3-5,12,19,21-22,24-25H,6-11,13-16H2,1-2H3,(H,31,36)/t21-,22+,24?,25-/m0/s1. The van der Waals surface area contributed by atoms with Crippen molar-refractivity contribution in [2.45, 2.75) is 76.8 Å². The van der Waals surface area contributed by atoms with Gasteiger partial charge in [-0.1, -0.05) is 12.1 Å². The molecule has 1 aromatic carbocycles. The minimum Gasteiger partial charge on any atom is -0.349 e. The maximum absolute atomic E-state index is 14.0. The third kappa shape index (κ3) is 5.45. The monoisotopic (exact) mass is 503 g/mol. The van der Waals surface area contributed by atoms with Crippen molar-refractivity contribution >= 4 is 5.91 Å². The number of nitrogens with one attached hydrogen (secondary N) is 1. The molecule has 2 aliphatic carbocycles. The van der Waals surface area contributed by atoms with Crippen LogP contribution in [0.5, 0.6) is 0 Å². The first kappa shape index (κ1) is 25.2. The zero-order chi connectivity index (χ0) is 25.4. The Morgan fingerprint density at radius 2 is 1.75 bits per heavy atom. The number of alkyl halides is 2. The third-order valence-electron chi connectivity index (χ3n) is 8.59. The van der Waals surface area contributed by atoms with Crippen LogP contribution in [-0.4, -0.2) is 51.1 Å². The van der Waals surface area contributed by atoms with Crippen LogP contribution >= 0.6 is 0 Å². The number of hydrogen-bond acceptors (Lipinski definition) is 4. The summed E-state index contributed by atoms with van der Waals surface area (Å²) in [5, 5.41) is 11.5. The normalized spacial score (nSPS) is 27.2. The molecule has 36 heavy (non-hydrogen) atoms.